The summed E-state index contributed by atoms with van der Waals surface area (Å²) >= 11 is 1.50. The van der Waals surface area contributed by atoms with Crippen LogP contribution in [0.25, 0.3) is 10.2 Å². The standard InChI is InChI=1S/C29H32N4O3S2.ClH/c1-4-31(5-2)18-19-32(29-30-25-15-10-21(3)20-27(25)37-29)28(34)23-11-13-24(14-12-23)38(35,36)33-17-16-22-8-6-7-9-26(22)33;/h6-15,20H,4-5,16-19H2,1-3H3;1H. The molecule has 0 saturated carbocycles. The first-order valence-corrected chi connectivity index (χ1v) is 15.2. The SMILES string of the molecule is CCN(CC)CCN(C(=O)c1ccc(S(=O)(=O)N2CCc3ccccc32)cc1)c1nc2ccc(C)cc2s1.Cl. The van der Waals surface area contributed by atoms with Crippen molar-refractivity contribution in [3.63, 3.8) is 0 Å². The van der Waals surface area contributed by atoms with Crippen LogP contribution in [-0.4, -0.2) is 56.9 Å². The number of likely N-dealkylation sites (N-methyl/N-ethyl adjacent to an activating group) is 1. The number of rotatable bonds is 9. The van der Waals surface area contributed by atoms with Crippen molar-refractivity contribution < 1.29 is 13.2 Å². The van der Waals surface area contributed by atoms with Gasteiger partial charge in [-0.15, -0.1) is 12.4 Å². The predicted molar refractivity (Wildman–Crippen MR) is 162 cm³/mol. The Hall–Kier alpha value is -2.98. The lowest BCUT2D eigenvalue weighted by atomic mass is 10.2. The molecule has 7 nitrogen and oxygen atoms in total. The Balaban J connectivity index is 0.00000353. The van der Waals surface area contributed by atoms with E-state index in [2.05, 4.69) is 24.8 Å². The molecule has 1 aliphatic heterocycles. The molecule has 0 atom stereocenters. The van der Waals surface area contributed by atoms with Gasteiger partial charge in [0, 0.05) is 25.2 Å². The van der Waals surface area contributed by atoms with Crippen LogP contribution in [0.15, 0.2) is 71.6 Å². The molecular formula is C29H33ClN4O3S2. The quantitative estimate of drug-likeness (QED) is 0.250. The van der Waals surface area contributed by atoms with Gasteiger partial charge in [-0.25, -0.2) is 13.4 Å². The number of nitrogens with zero attached hydrogens (tertiary/aromatic N) is 4. The Morgan fingerprint density at radius 1 is 1.00 bits per heavy atom. The van der Waals surface area contributed by atoms with E-state index < -0.39 is 10.0 Å². The summed E-state index contributed by atoms with van der Waals surface area (Å²) in [5.41, 5.74) is 4.19. The number of para-hydroxylation sites is 1. The Bertz CT molecular complexity index is 1570. The number of aromatic nitrogens is 1. The zero-order chi connectivity index (χ0) is 26.9. The van der Waals surface area contributed by atoms with Gasteiger partial charge in [-0.1, -0.05) is 49.4 Å². The van der Waals surface area contributed by atoms with E-state index >= 15 is 0 Å². The summed E-state index contributed by atoms with van der Waals surface area (Å²) in [5.74, 6) is -0.191. The van der Waals surface area contributed by atoms with Gasteiger partial charge in [0.1, 0.15) is 0 Å². The van der Waals surface area contributed by atoms with Crippen LogP contribution in [0.2, 0.25) is 0 Å². The number of benzene rings is 3. The molecular weight excluding hydrogens is 552 g/mol. The maximum Gasteiger partial charge on any atom is 0.264 e. The first-order chi connectivity index (χ1) is 18.3. The van der Waals surface area contributed by atoms with Crippen molar-refractivity contribution >= 4 is 60.7 Å². The lowest BCUT2D eigenvalue weighted by Gasteiger charge is -2.25. The van der Waals surface area contributed by atoms with Crippen molar-refractivity contribution in [3.05, 3.63) is 83.4 Å². The van der Waals surface area contributed by atoms with Crippen molar-refractivity contribution in [2.45, 2.75) is 32.1 Å². The van der Waals surface area contributed by atoms with Crippen molar-refractivity contribution in [1.82, 2.24) is 9.88 Å². The van der Waals surface area contributed by atoms with Crippen LogP contribution in [0, 0.1) is 6.92 Å². The van der Waals surface area contributed by atoms with Crippen molar-refractivity contribution in [2.75, 3.05) is 41.9 Å². The van der Waals surface area contributed by atoms with Gasteiger partial charge >= 0.3 is 0 Å². The Kier molecular flexibility index (Phi) is 8.96. The van der Waals surface area contributed by atoms with Crippen LogP contribution in [-0.2, 0) is 16.4 Å². The van der Waals surface area contributed by atoms with Gasteiger partial charge < -0.3 is 4.90 Å². The average molecular weight is 585 g/mol. The van der Waals surface area contributed by atoms with Gasteiger partial charge in [0.2, 0.25) is 0 Å². The number of hydrogen-bond acceptors (Lipinski definition) is 6. The molecule has 5 rings (SSSR count). The molecule has 0 bridgehead atoms. The van der Waals surface area contributed by atoms with E-state index in [1.807, 2.05) is 43.3 Å². The maximum absolute atomic E-state index is 13.8. The summed E-state index contributed by atoms with van der Waals surface area (Å²) in [6.45, 7) is 9.66. The molecule has 0 spiro atoms. The summed E-state index contributed by atoms with van der Waals surface area (Å²) in [6, 6.07) is 19.9. The van der Waals surface area contributed by atoms with Crippen molar-refractivity contribution in [3.8, 4) is 0 Å². The van der Waals surface area contributed by atoms with E-state index in [9.17, 15) is 13.2 Å². The van der Waals surface area contributed by atoms with Crippen LogP contribution < -0.4 is 9.21 Å². The number of thiazole rings is 1. The molecule has 39 heavy (non-hydrogen) atoms. The molecule has 0 aliphatic carbocycles. The highest BCUT2D eigenvalue weighted by atomic mass is 35.5. The molecule has 4 aromatic rings. The van der Waals surface area contributed by atoms with Gasteiger partial charge in [-0.2, -0.15) is 0 Å². The fraction of sp³-hybridized carbons (Fsp3) is 0.310. The molecule has 1 aromatic heterocycles. The average Bonchev–Trinajstić information content (AvgIpc) is 3.55. The minimum atomic E-state index is -3.73. The molecule has 0 N–H and O–H groups in total. The molecule has 10 heteroatoms. The number of carbonyl (C=O) groups excluding carboxylic acids is 1. The van der Waals surface area contributed by atoms with Gasteiger partial charge in [-0.3, -0.25) is 14.0 Å². The number of fused-ring (bicyclic) bond motifs is 2. The third-order valence-electron chi connectivity index (χ3n) is 7.08. The van der Waals surface area contributed by atoms with Gasteiger partial charge in [-0.05, 0) is 80.0 Å². The predicted octanol–water partition coefficient (Wildman–Crippen LogP) is 5.77. The van der Waals surface area contributed by atoms with E-state index in [0.717, 1.165) is 40.1 Å². The topological polar surface area (TPSA) is 73.8 Å². The minimum Gasteiger partial charge on any atom is -0.302 e. The molecule has 206 valence electrons. The lowest BCUT2D eigenvalue weighted by molar-refractivity contribution is 0.0983. The largest absolute Gasteiger partial charge is 0.302 e. The molecule has 0 fully saturated rings. The maximum atomic E-state index is 13.8. The smallest absolute Gasteiger partial charge is 0.264 e. The highest BCUT2D eigenvalue weighted by molar-refractivity contribution is 7.92. The van der Waals surface area contributed by atoms with Crippen LogP contribution in [0.5, 0.6) is 0 Å². The van der Waals surface area contributed by atoms with E-state index in [0.29, 0.717) is 36.8 Å². The van der Waals surface area contributed by atoms with E-state index in [4.69, 9.17) is 4.98 Å². The fourth-order valence-corrected chi connectivity index (χ4v) is 7.40. The van der Waals surface area contributed by atoms with E-state index in [-0.39, 0.29) is 23.2 Å². The molecule has 1 aliphatic rings. The number of halogens is 1. The highest BCUT2D eigenvalue weighted by Gasteiger charge is 2.31. The first kappa shape index (κ1) is 29.0. The van der Waals surface area contributed by atoms with Gasteiger partial charge in [0.15, 0.2) is 5.13 Å². The third kappa shape index (κ3) is 5.82. The summed E-state index contributed by atoms with van der Waals surface area (Å²) in [5, 5.41) is 0.646. The number of hydrogen-bond donors (Lipinski definition) is 0. The summed E-state index contributed by atoms with van der Waals surface area (Å²) < 4.78 is 29.3. The third-order valence-corrected chi connectivity index (χ3v) is 9.95. The van der Waals surface area contributed by atoms with Gasteiger partial charge in [0.05, 0.1) is 20.8 Å². The van der Waals surface area contributed by atoms with Gasteiger partial charge in [0.25, 0.3) is 15.9 Å². The second kappa shape index (κ2) is 12.0. The molecule has 1 amide bonds. The van der Waals surface area contributed by atoms with Crippen LogP contribution in [0.3, 0.4) is 0 Å². The van der Waals surface area contributed by atoms with Crippen LogP contribution in [0.4, 0.5) is 10.8 Å². The number of aryl methyl sites for hydroxylation is 1. The molecule has 0 unspecified atom stereocenters. The van der Waals surface area contributed by atoms with E-state index in [1.165, 1.54) is 27.8 Å². The zero-order valence-corrected chi connectivity index (χ0v) is 24.8. The number of carbonyl (C=O) groups is 1. The monoisotopic (exact) mass is 584 g/mol. The second-order valence-electron chi connectivity index (χ2n) is 9.43. The second-order valence-corrected chi connectivity index (χ2v) is 12.3. The van der Waals surface area contributed by atoms with Crippen LogP contribution >= 0.6 is 23.7 Å². The number of amides is 1. The van der Waals surface area contributed by atoms with E-state index in [1.54, 1.807) is 17.0 Å². The zero-order valence-electron chi connectivity index (χ0n) is 22.3. The van der Waals surface area contributed by atoms with Crippen molar-refractivity contribution in [1.29, 1.82) is 0 Å². The van der Waals surface area contributed by atoms with Crippen molar-refractivity contribution in [2.24, 2.45) is 0 Å². The molecule has 2 heterocycles. The molecule has 0 radical (unpaired) electrons. The van der Waals surface area contributed by atoms with Crippen LogP contribution in [0.1, 0.15) is 35.3 Å². The number of anilines is 2. The normalized spacial score (nSPS) is 13.0. The first-order valence-electron chi connectivity index (χ1n) is 12.9. The molecule has 0 saturated heterocycles. The number of sulfonamides is 1. The Morgan fingerprint density at radius 2 is 1.72 bits per heavy atom. The fourth-order valence-electron chi connectivity index (χ4n) is 4.81. The lowest BCUT2D eigenvalue weighted by Crippen LogP contribution is -2.39. The Labute approximate surface area is 240 Å². The summed E-state index contributed by atoms with van der Waals surface area (Å²) in [7, 11) is -3.73. The Morgan fingerprint density at radius 3 is 2.44 bits per heavy atom. The summed E-state index contributed by atoms with van der Waals surface area (Å²) in [6.07, 6.45) is 0.690. The summed E-state index contributed by atoms with van der Waals surface area (Å²) in [4.78, 5) is 22.7. The molecule has 3 aromatic carbocycles. The highest BCUT2D eigenvalue weighted by Crippen LogP contribution is 2.33. The minimum absolute atomic E-state index is 0.